The van der Waals surface area contributed by atoms with Crippen LogP contribution in [-0.4, -0.2) is 46.6 Å². The molecular formula is C20H25N5O2. The molecular weight excluding hydrogens is 342 g/mol. The van der Waals surface area contributed by atoms with E-state index in [-0.39, 0.29) is 29.7 Å². The van der Waals surface area contributed by atoms with Crippen LogP contribution in [0.5, 0.6) is 0 Å². The highest BCUT2D eigenvalue weighted by Gasteiger charge is 2.39. The lowest BCUT2D eigenvalue weighted by Gasteiger charge is -2.35. The van der Waals surface area contributed by atoms with Gasteiger partial charge >= 0.3 is 0 Å². The van der Waals surface area contributed by atoms with Gasteiger partial charge in [0.1, 0.15) is 6.04 Å². The summed E-state index contributed by atoms with van der Waals surface area (Å²) in [5, 5.41) is 10.3. The number of nitrogens with zero attached hydrogens (tertiary/aromatic N) is 3. The van der Waals surface area contributed by atoms with E-state index < -0.39 is 0 Å². The van der Waals surface area contributed by atoms with Crippen molar-refractivity contribution in [3.63, 3.8) is 0 Å². The summed E-state index contributed by atoms with van der Waals surface area (Å²) in [6, 6.07) is 7.53. The van der Waals surface area contributed by atoms with E-state index in [1.165, 1.54) is 0 Å². The lowest BCUT2D eigenvalue weighted by Crippen LogP contribution is -2.45. The van der Waals surface area contributed by atoms with Gasteiger partial charge in [-0.15, -0.1) is 0 Å². The van der Waals surface area contributed by atoms with Crippen LogP contribution in [-0.2, 0) is 16.6 Å². The fourth-order valence-corrected chi connectivity index (χ4v) is 4.36. The highest BCUT2D eigenvalue weighted by molar-refractivity contribution is 6.03. The number of aromatic nitrogens is 2. The van der Waals surface area contributed by atoms with Gasteiger partial charge < -0.3 is 15.5 Å². The second-order valence-electron chi connectivity index (χ2n) is 7.39. The number of piperidine rings is 1. The minimum atomic E-state index is -0.384. The van der Waals surface area contributed by atoms with Crippen LogP contribution in [0.4, 0.5) is 5.69 Å². The predicted molar refractivity (Wildman–Crippen MR) is 102 cm³/mol. The number of hydrogen-bond acceptors (Lipinski definition) is 4. The molecule has 0 aliphatic carbocycles. The summed E-state index contributed by atoms with van der Waals surface area (Å²) in [7, 11) is 3.64. The molecule has 1 saturated heterocycles. The Bertz CT molecular complexity index is 854. The van der Waals surface area contributed by atoms with Crippen molar-refractivity contribution in [2.24, 2.45) is 13.0 Å². The van der Waals surface area contributed by atoms with Gasteiger partial charge in [-0.05, 0) is 37.4 Å². The Morgan fingerprint density at radius 1 is 1.30 bits per heavy atom. The molecule has 1 fully saturated rings. The summed E-state index contributed by atoms with van der Waals surface area (Å²) in [5.41, 5.74) is 2.89. The Kier molecular flexibility index (Phi) is 4.70. The third-order valence-electron chi connectivity index (χ3n) is 5.75. The van der Waals surface area contributed by atoms with E-state index in [1.54, 1.807) is 17.9 Å². The average Bonchev–Trinajstić information content (AvgIpc) is 3.25. The minimum Gasteiger partial charge on any atom is -0.341 e. The summed E-state index contributed by atoms with van der Waals surface area (Å²) < 4.78 is 1.70. The largest absolute Gasteiger partial charge is 0.341 e. The van der Waals surface area contributed by atoms with Gasteiger partial charge in [-0.1, -0.05) is 18.2 Å². The monoisotopic (exact) mass is 367 g/mol. The zero-order valence-electron chi connectivity index (χ0n) is 15.7. The maximum atomic E-state index is 13.0. The molecule has 0 spiro atoms. The smallest absolute Gasteiger partial charge is 0.244 e. The van der Waals surface area contributed by atoms with Crippen molar-refractivity contribution in [2.45, 2.75) is 24.8 Å². The predicted octanol–water partition coefficient (Wildman–Crippen LogP) is 1.66. The molecule has 2 amide bonds. The summed E-state index contributed by atoms with van der Waals surface area (Å²) in [4.78, 5) is 27.4. The average molecular weight is 367 g/mol. The number of likely N-dealkylation sites (N-methyl/N-ethyl adjacent to an activating group) is 1. The third-order valence-corrected chi connectivity index (χ3v) is 5.75. The number of nitrogens with one attached hydrogen (secondary N) is 2. The molecule has 0 bridgehead atoms. The van der Waals surface area contributed by atoms with E-state index in [0.717, 1.165) is 29.7 Å². The molecule has 2 atom stereocenters. The quantitative estimate of drug-likeness (QED) is 0.861. The number of hydrogen-bond donors (Lipinski definition) is 2. The molecule has 1 aromatic carbocycles. The van der Waals surface area contributed by atoms with Gasteiger partial charge in [-0.3, -0.25) is 14.3 Å². The van der Waals surface area contributed by atoms with Gasteiger partial charge in [0.15, 0.2) is 0 Å². The number of carbonyl (C=O) groups is 2. The van der Waals surface area contributed by atoms with Gasteiger partial charge in [0.05, 0.1) is 12.1 Å². The van der Waals surface area contributed by atoms with Crippen LogP contribution in [0, 0.1) is 5.92 Å². The lowest BCUT2D eigenvalue weighted by molar-refractivity contribution is -0.135. The zero-order chi connectivity index (χ0) is 19.0. The van der Waals surface area contributed by atoms with Gasteiger partial charge in [0.2, 0.25) is 11.8 Å². The normalized spacial score (nSPS) is 21.0. The number of fused-ring (bicyclic) bond motifs is 1. The molecule has 2 unspecified atom stereocenters. The Balaban J connectivity index is 1.43. The second kappa shape index (κ2) is 7.15. The lowest BCUT2D eigenvalue weighted by atomic mass is 9.80. The van der Waals surface area contributed by atoms with Crippen molar-refractivity contribution in [1.29, 1.82) is 0 Å². The first kappa shape index (κ1) is 17.7. The number of rotatable bonds is 4. The Hall–Kier alpha value is -2.67. The first-order valence-electron chi connectivity index (χ1n) is 9.43. The summed E-state index contributed by atoms with van der Waals surface area (Å²) in [5.74, 6) is 0.325. The molecule has 0 saturated carbocycles. The molecule has 2 aliphatic rings. The Morgan fingerprint density at radius 3 is 2.70 bits per heavy atom. The third kappa shape index (κ3) is 3.23. The molecule has 7 heteroatoms. The Morgan fingerprint density at radius 2 is 2.04 bits per heavy atom. The molecule has 0 radical (unpaired) electrons. The molecule has 7 nitrogen and oxygen atoms in total. The summed E-state index contributed by atoms with van der Waals surface area (Å²) >= 11 is 0. The molecule has 4 rings (SSSR count). The molecule has 3 heterocycles. The van der Waals surface area contributed by atoms with E-state index in [1.807, 2.05) is 42.4 Å². The molecule has 1 aromatic heterocycles. The van der Waals surface area contributed by atoms with Crippen molar-refractivity contribution in [2.75, 3.05) is 25.5 Å². The number of para-hydroxylation sites is 1. The van der Waals surface area contributed by atoms with E-state index in [4.69, 9.17) is 0 Å². The van der Waals surface area contributed by atoms with E-state index in [0.29, 0.717) is 13.1 Å². The molecule has 2 aromatic rings. The maximum absolute atomic E-state index is 13.0. The second-order valence-corrected chi connectivity index (χ2v) is 7.39. The number of anilines is 1. The number of aryl methyl sites for hydroxylation is 1. The van der Waals surface area contributed by atoms with Crippen LogP contribution in [0.3, 0.4) is 0 Å². The first-order valence-corrected chi connectivity index (χ1v) is 9.43. The van der Waals surface area contributed by atoms with E-state index >= 15 is 0 Å². The van der Waals surface area contributed by atoms with Gasteiger partial charge in [0, 0.05) is 37.6 Å². The van der Waals surface area contributed by atoms with Crippen LogP contribution in [0.2, 0.25) is 0 Å². The summed E-state index contributed by atoms with van der Waals surface area (Å²) in [6.07, 6.45) is 5.26. The van der Waals surface area contributed by atoms with E-state index in [2.05, 4.69) is 15.7 Å². The van der Waals surface area contributed by atoms with Crippen molar-refractivity contribution in [1.82, 2.24) is 20.0 Å². The van der Waals surface area contributed by atoms with Crippen molar-refractivity contribution in [3.8, 4) is 0 Å². The fourth-order valence-electron chi connectivity index (χ4n) is 4.36. The number of likely N-dealkylation sites (tertiary alicyclic amines) is 1. The van der Waals surface area contributed by atoms with Gasteiger partial charge in [0.25, 0.3) is 0 Å². The fraction of sp³-hybridized carbons (Fsp3) is 0.450. The zero-order valence-corrected chi connectivity index (χ0v) is 15.7. The van der Waals surface area contributed by atoms with Crippen molar-refractivity contribution < 1.29 is 9.59 Å². The van der Waals surface area contributed by atoms with Crippen LogP contribution >= 0.6 is 0 Å². The number of benzene rings is 1. The summed E-state index contributed by atoms with van der Waals surface area (Å²) in [6.45, 7) is 1.35. The number of carbonyl (C=O) groups excluding carboxylic acids is 2. The van der Waals surface area contributed by atoms with Gasteiger partial charge in [-0.25, -0.2) is 0 Å². The standard InChI is InChI=1S/C20H25N5O2/c1-21-18(14-11-22-24(2)12-14)20(27)25-9-7-13(8-10-25)17-15-5-3-4-6-16(15)23-19(17)26/h3-6,11-13,17-18,21H,7-10H2,1-2H3,(H,23,26). The molecule has 2 N–H and O–H groups in total. The number of amides is 2. The van der Waals surface area contributed by atoms with Crippen LogP contribution < -0.4 is 10.6 Å². The topological polar surface area (TPSA) is 79.3 Å². The van der Waals surface area contributed by atoms with Crippen molar-refractivity contribution in [3.05, 3.63) is 47.8 Å². The highest BCUT2D eigenvalue weighted by Crippen LogP contribution is 2.41. The highest BCUT2D eigenvalue weighted by atomic mass is 16.2. The van der Waals surface area contributed by atoms with Crippen LogP contribution in [0.25, 0.3) is 0 Å². The molecule has 2 aliphatic heterocycles. The minimum absolute atomic E-state index is 0.0697. The first-order chi connectivity index (χ1) is 13.1. The Labute approximate surface area is 158 Å². The van der Waals surface area contributed by atoms with Gasteiger partial charge in [-0.2, -0.15) is 5.10 Å². The van der Waals surface area contributed by atoms with Crippen molar-refractivity contribution >= 4 is 17.5 Å². The molecule has 27 heavy (non-hydrogen) atoms. The maximum Gasteiger partial charge on any atom is 0.244 e. The van der Waals surface area contributed by atoms with E-state index in [9.17, 15) is 9.59 Å². The SMILES string of the molecule is CNC(C(=O)N1CCC(C2C(=O)Nc3ccccc32)CC1)c1cnn(C)c1. The van der Waals surface area contributed by atoms with Crippen LogP contribution in [0.1, 0.15) is 35.9 Å². The molecule has 142 valence electrons. The van der Waals surface area contributed by atoms with Crippen LogP contribution in [0.15, 0.2) is 36.7 Å².